The van der Waals surface area contributed by atoms with Crippen molar-refractivity contribution in [3.8, 4) is 0 Å². The van der Waals surface area contributed by atoms with Gasteiger partial charge in [-0.25, -0.2) is 0 Å². The van der Waals surface area contributed by atoms with Crippen molar-refractivity contribution >= 4 is 0 Å². The Hall–Kier alpha value is -0.820. The van der Waals surface area contributed by atoms with Crippen LogP contribution in [-0.2, 0) is 0 Å². The SMILES string of the molecule is CCCCCCCC(O)c1ccccc1C1CCC1. The van der Waals surface area contributed by atoms with Gasteiger partial charge in [0.2, 0.25) is 0 Å². The topological polar surface area (TPSA) is 20.2 Å². The summed E-state index contributed by atoms with van der Waals surface area (Å²) >= 11 is 0. The van der Waals surface area contributed by atoms with Crippen LogP contribution in [0.4, 0.5) is 0 Å². The van der Waals surface area contributed by atoms with Gasteiger partial charge in [0.25, 0.3) is 0 Å². The van der Waals surface area contributed by atoms with Crippen molar-refractivity contribution in [2.24, 2.45) is 0 Å². The van der Waals surface area contributed by atoms with E-state index in [1.807, 2.05) is 0 Å². The van der Waals surface area contributed by atoms with E-state index in [0.29, 0.717) is 5.92 Å². The molecular weight excluding hydrogens is 232 g/mol. The van der Waals surface area contributed by atoms with Crippen molar-refractivity contribution in [3.63, 3.8) is 0 Å². The minimum Gasteiger partial charge on any atom is -0.388 e. The number of aliphatic hydroxyl groups is 1. The lowest BCUT2D eigenvalue weighted by atomic mass is 9.77. The van der Waals surface area contributed by atoms with Crippen LogP contribution < -0.4 is 0 Å². The van der Waals surface area contributed by atoms with E-state index in [9.17, 15) is 5.11 Å². The van der Waals surface area contributed by atoms with E-state index in [2.05, 4.69) is 31.2 Å². The summed E-state index contributed by atoms with van der Waals surface area (Å²) in [5.74, 6) is 0.714. The molecule has 1 saturated carbocycles. The van der Waals surface area contributed by atoms with Crippen molar-refractivity contribution in [1.82, 2.24) is 0 Å². The van der Waals surface area contributed by atoms with E-state index in [1.54, 1.807) is 0 Å². The first-order valence-electron chi connectivity index (χ1n) is 8.09. The first kappa shape index (κ1) is 14.6. The van der Waals surface area contributed by atoms with E-state index in [-0.39, 0.29) is 6.10 Å². The molecule has 0 radical (unpaired) electrons. The molecule has 1 aliphatic carbocycles. The lowest BCUT2D eigenvalue weighted by molar-refractivity contribution is 0.161. The second kappa shape index (κ2) is 7.69. The molecule has 2 rings (SSSR count). The van der Waals surface area contributed by atoms with Gasteiger partial charge in [-0.2, -0.15) is 0 Å². The highest BCUT2D eigenvalue weighted by Crippen LogP contribution is 2.40. The molecule has 1 aromatic rings. The quantitative estimate of drug-likeness (QED) is 0.625. The van der Waals surface area contributed by atoms with Crippen LogP contribution >= 0.6 is 0 Å². The standard InChI is InChI=1S/C18H28O/c1-2-3-4-5-6-14-18(19)17-13-8-7-12-16(17)15-10-9-11-15/h7-8,12-13,15,18-19H,2-6,9-11,14H2,1H3. The third kappa shape index (κ3) is 4.07. The van der Waals surface area contributed by atoms with E-state index in [1.165, 1.54) is 56.1 Å². The Morgan fingerprint density at radius 1 is 1.11 bits per heavy atom. The Balaban J connectivity index is 1.85. The predicted molar refractivity (Wildman–Crippen MR) is 81.4 cm³/mol. The monoisotopic (exact) mass is 260 g/mol. The van der Waals surface area contributed by atoms with Gasteiger partial charge in [0, 0.05) is 0 Å². The third-order valence-electron chi connectivity index (χ3n) is 4.48. The summed E-state index contributed by atoms with van der Waals surface area (Å²) in [4.78, 5) is 0. The fourth-order valence-corrected chi connectivity index (χ4v) is 3.00. The van der Waals surface area contributed by atoms with E-state index < -0.39 is 0 Å². The number of benzene rings is 1. The summed E-state index contributed by atoms with van der Waals surface area (Å²) in [5.41, 5.74) is 2.61. The van der Waals surface area contributed by atoms with Crippen molar-refractivity contribution in [2.75, 3.05) is 0 Å². The maximum Gasteiger partial charge on any atom is 0.0792 e. The molecule has 19 heavy (non-hydrogen) atoms. The number of hydrogen-bond donors (Lipinski definition) is 1. The smallest absolute Gasteiger partial charge is 0.0792 e. The minimum atomic E-state index is -0.251. The maximum absolute atomic E-state index is 10.4. The van der Waals surface area contributed by atoms with Crippen LogP contribution in [0.2, 0.25) is 0 Å². The zero-order valence-electron chi connectivity index (χ0n) is 12.3. The minimum absolute atomic E-state index is 0.251. The van der Waals surface area contributed by atoms with Gasteiger partial charge in [-0.3, -0.25) is 0 Å². The molecule has 1 nitrogen and oxygen atoms in total. The highest BCUT2D eigenvalue weighted by atomic mass is 16.3. The number of hydrogen-bond acceptors (Lipinski definition) is 1. The molecule has 1 atom stereocenters. The Kier molecular flexibility index (Phi) is 5.91. The van der Waals surface area contributed by atoms with Crippen LogP contribution in [0.1, 0.15) is 87.9 Å². The molecule has 1 N–H and O–H groups in total. The Labute approximate surface area is 118 Å². The van der Waals surface area contributed by atoms with Crippen molar-refractivity contribution in [3.05, 3.63) is 35.4 Å². The van der Waals surface area contributed by atoms with Gasteiger partial charge in [-0.15, -0.1) is 0 Å². The van der Waals surface area contributed by atoms with Gasteiger partial charge in [-0.05, 0) is 36.3 Å². The van der Waals surface area contributed by atoms with E-state index in [4.69, 9.17) is 0 Å². The van der Waals surface area contributed by atoms with Crippen molar-refractivity contribution in [2.45, 2.75) is 76.7 Å². The summed E-state index contributed by atoms with van der Waals surface area (Å²) in [6, 6.07) is 8.53. The average Bonchev–Trinajstić information content (AvgIpc) is 2.37. The molecule has 0 saturated heterocycles. The van der Waals surface area contributed by atoms with Gasteiger partial charge in [-0.1, -0.05) is 69.7 Å². The van der Waals surface area contributed by atoms with Crippen molar-refractivity contribution < 1.29 is 5.11 Å². The third-order valence-corrected chi connectivity index (χ3v) is 4.48. The molecule has 106 valence electrons. The van der Waals surface area contributed by atoms with Crippen LogP contribution in [0.15, 0.2) is 24.3 Å². The van der Waals surface area contributed by atoms with Crippen LogP contribution in [0.5, 0.6) is 0 Å². The highest BCUT2D eigenvalue weighted by molar-refractivity contribution is 5.33. The number of unbranched alkanes of at least 4 members (excludes halogenated alkanes) is 4. The summed E-state index contributed by atoms with van der Waals surface area (Å²) in [7, 11) is 0. The molecule has 1 unspecified atom stereocenters. The second-order valence-corrected chi connectivity index (χ2v) is 5.98. The molecular formula is C18H28O. The summed E-state index contributed by atoms with van der Waals surface area (Å²) in [6.07, 6.45) is 11.0. The molecule has 0 bridgehead atoms. The Bertz CT molecular complexity index is 368. The van der Waals surface area contributed by atoms with Gasteiger partial charge >= 0.3 is 0 Å². The fraction of sp³-hybridized carbons (Fsp3) is 0.667. The average molecular weight is 260 g/mol. The lowest BCUT2D eigenvalue weighted by Crippen LogP contribution is -2.13. The normalized spacial score (nSPS) is 17.2. The highest BCUT2D eigenvalue weighted by Gasteiger charge is 2.23. The zero-order valence-corrected chi connectivity index (χ0v) is 12.3. The lowest BCUT2D eigenvalue weighted by Gasteiger charge is -2.29. The number of aliphatic hydroxyl groups excluding tert-OH is 1. The first-order chi connectivity index (χ1) is 9.33. The molecule has 1 aromatic carbocycles. The van der Waals surface area contributed by atoms with Crippen LogP contribution in [-0.4, -0.2) is 5.11 Å². The van der Waals surface area contributed by atoms with Gasteiger partial charge < -0.3 is 5.11 Å². The molecule has 1 fully saturated rings. The van der Waals surface area contributed by atoms with Crippen LogP contribution in [0, 0.1) is 0 Å². The van der Waals surface area contributed by atoms with Gasteiger partial charge in [0.15, 0.2) is 0 Å². The molecule has 0 spiro atoms. The molecule has 0 aliphatic heterocycles. The summed E-state index contributed by atoms with van der Waals surface area (Å²) in [6.45, 7) is 2.24. The summed E-state index contributed by atoms with van der Waals surface area (Å²) < 4.78 is 0. The second-order valence-electron chi connectivity index (χ2n) is 5.98. The largest absolute Gasteiger partial charge is 0.388 e. The Morgan fingerprint density at radius 3 is 2.53 bits per heavy atom. The van der Waals surface area contributed by atoms with Crippen LogP contribution in [0.3, 0.4) is 0 Å². The molecule has 1 aliphatic rings. The van der Waals surface area contributed by atoms with Gasteiger partial charge in [0.05, 0.1) is 6.10 Å². The van der Waals surface area contributed by atoms with Crippen molar-refractivity contribution in [1.29, 1.82) is 0 Å². The Morgan fingerprint density at radius 2 is 1.84 bits per heavy atom. The zero-order chi connectivity index (χ0) is 13.5. The van der Waals surface area contributed by atoms with Crippen LogP contribution in [0.25, 0.3) is 0 Å². The van der Waals surface area contributed by atoms with E-state index in [0.717, 1.165) is 12.8 Å². The first-order valence-corrected chi connectivity index (χ1v) is 8.09. The molecule has 0 amide bonds. The number of rotatable bonds is 8. The maximum atomic E-state index is 10.4. The van der Waals surface area contributed by atoms with Gasteiger partial charge in [0.1, 0.15) is 0 Å². The molecule has 0 heterocycles. The van der Waals surface area contributed by atoms with E-state index >= 15 is 0 Å². The predicted octanol–water partition coefficient (Wildman–Crippen LogP) is 5.35. The summed E-state index contributed by atoms with van der Waals surface area (Å²) in [5, 5.41) is 10.4. The molecule has 0 aromatic heterocycles. The molecule has 1 heteroatoms. The fourth-order valence-electron chi connectivity index (χ4n) is 3.00.